The van der Waals surface area contributed by atoms with Crippen LogP contribution < -0.4 is 4.74 Å². The summed E-state index contributed by atoms with van der Waals surface area (Å²) in [6.07, 6.45) is -0.502. The van der Waals surface area contributed by atoms with Crippen LogP contribution in [0.5, 0.6) is 5.75 Å². The molecule has 2 amide bonds. The summed E-state index contributed by atoms with van der Waals surface area (Å²) in [5.74, 6) is -5.05. The van der Waals surface area contributed by atoms with E-state index in [0.29, 0.717) is 34.6 Å². The van der Waals surface area contributed by atoms with Crippen LogP contribution in [0.4, 0.5) is 0 Å². The Hall–Kier alpha value is -4.09. The molecule has 0 aliphatic carbocycles. The van der Waals surface area contributed by atoms with Gasteiger partial charge in [-0.15, -0.1) is 0 Å². The average molecular weight is 523 g/mol. The van der Waals surface area contributed by atoms with Crippen molar-refractivity contribution < 1.29 is 42.9 Å². The first-order chi connectivity index (χ1) is 18.4. The molecule has 1 fully saturated rings. The normalized spacial score (nSPS) is 25.3. The zero-order valence-electron chi connectivity index (χ0n) is 21.0. The van der Waals surface area contributed by atoms with E-state index in [1.54, 1.807) is 48.5 Å². The number of hydrogen-bond donors (Lipinski definition) is 0. The second kappa shape index (κ2) is 9.99. The molecular formula is C27H26N2O9. The molecule has 198 valence electrons. The summed E-state index contributed by atoms with van der Waals surface area (Å²) in [5.41, 5.74) is 1.81. The van der Waals surface area contributed by atoms with Crippen LogP contribution in [0.15, 0.2) is 53.5 Å². The lowest BCUT2D eigenvalue weighted by atomic mass is 9.80. The summed E-state index contributed by atoms with van der Waals surface area (Å²) in [5, 5.41) is 0. The molecule has 3 aliphatic rings. The maximum absolute atomic E-state index is 12.7. The zero-order chi connectivity index (χ0) is 27.0. The Labute approximate surface area is 218 Å². The van der Waals surface area contributed by atoms with E-state index in [9.17, 15) is 19.2 Å². The lowest BCUT2D eigenvalue weighted by Crippen LogP contribution is -2.52. The lowest BCUT2D eigenvalue weighted by Gasteiger charge is -2.32. The number of hydrogen-bond acceptors (Lipinski definition) is 10. The maximum atomic E-state index is 12.7. The second-order valence-corrected chi connectivity index (χ2v) is 8.94. The van der Waals surface area contributed by atoms with Gasteiger partial charge in [0, 0.05) is 19.2 Å². The molecule has 2 unspecified atom stereocenters. The van der Waals surface area contributed by atoms with E-state index in [0.717, 1.165) is 0 Å². The smallest absolute Gasteiger partial charge is 0.315 e. The molecule has 4 atom stereocenters. The summed E-state index contributed by atoms with van der Waals surface area (Å²) < 4.78 is 27.2. The fourth-order valence-electron chi connectivity index (χ4n) is 5.18. The van der Waals surface area contributed by atoms with Crippen molar-refractivity contribution in [3.8, 4) is 5.75 Å². The van der Waals surface area contributed by atoms with Gasteiger partial charge in [0.25, 0.3) is 11.8 Å². The van der Waals surface area contributed by atoms with Crippen LogP contribution in [0.2, 0.25) is 0 Å². The van der Waals surface area contributed by atoms with Gasteiger partial charge in [0.05, 0.1) is 32.0 Å². The summed E-state index contributed by atoms with van der Waals surface area (Å²) in [7, 11) is 3.83. The predicted octanol–water partition coefficient (Wildman–Crippen LogP) is 1.83. The number of fused-ring (bicyclic) bond motifs is 3. The van der Waals surface area contributed by atoms with Crippen LogP contribution in [0, 0.1) is 11.8 Å². The van der Waals surface area contributed by atoms with Gasteiger partial charge in [-0.3, -0.25) is 29.1 Å². The van der Waals surface area contributed by atoms with Crippen molar-refractivity contribution in [2.75, 3.05) is 34.5 Å². The summed E-state index contributed by atoms with van der Waals surface area (Å²) in [6.45, 7) is 0.527. The molecule has 2 aromatic rings. The molecule has 3 aliphatic heterocycles. The van der Waals surface area contributed by atoms with Crippen LogP contribution in [0.1, 0.15) is 32.7 Å². The molecule has 2 aromatic carbocycles. The third-order valence-electron chi connectivity index (χ3n) is 6.99. The minimum atomic E-state index is -1.61. The number of esters is 2. The molecule has 0 aromatic heterocycles. The van der Waals surface area contributed by atoms with E-state index in [4.69, 9.17) is 23.7 Å². The van der Waals surface area contributed by atoms with Gasteiger partial charge < -0.3 is 23.7 Å². The molecule has 3 heterocycles. The molecular weight excluding hydrogens is 496 g/mol. The Kier molecular flexibility index (Phi) is 6.72. The maximum Gasteiger partial charge on any atom is 0.315 e. The second-order valence-electron chi connectivity index (χ2n) is 8.94. The first kappa shape index (κ1) is 25.6. The minimum absolute atomic E-state index is 0.243. The van der Waals surface area contributed by atoms with Crippen molar-refractivity contribution in [1.82, 2.24) is 4.90 Å². The molecule has 0 spiro atoms. The minimum Gasteiger partial charge on any atom is -0.494 e. The van der Waals surface area contributed by atoms with E-state index < -0.39 is 35.8 Å². The van der Waals surface area contributed by atoms with Crippen LogP contribution >= 0.6 is 0 Å². The van der Waals surface area contributed by atoms with Crippen molar-refractivity contribution in [3.63, 3.8) is 0 Å². The third kappa shape index (κ3) is 3.95. The Bertz CT molecular complexity index is 1290. The largest absolute Gasteiger partial charge is 0.494 e. The van der Waals surface area contributed by atoms with Crippen molar-refractivity contribution in [2.24, 2.45) is 16.8 Å². The topological polar surface area (TPSA) is 130 Å². The van der Waals surface area contributed by atoms with Gasteiger partial charge in [-0.1, -0.05) is 12.1 Å². The number of rotatable bonds is 9. The Morgan fingerprint density at radius 1 is 0.947 bits per heavy atom. The molecule has 1 saturated heterocycles. The Morgan fingerprint density at radius 2 is 1.58 bits per heavy atom. The molecule has 0 radical (unpaired) electrons. The fraction of sp³-hybridized carbons (Fsp3) is 0.370. The van der Waals surface area contributed by atoms with Gasteiger partial charge in [-0.25, -0.2) is 0 Å². The van der Waals surface area contributed by atoms with Crippen LogP contribution in [0.3, 0.4) is 0 Å². The van der Waals surface area contributed by atoms with Crippen LogP contribution in [-0.2, 0) is 28.5 Å². The first-order valence-corrected chi connectivity index (χ1v) is 12.0. The van der Waals surface area contributed by atoms with Crippen molar-refractivity contribution in [2.45, 2.75) is 18.4 Å². The van der Waals surface area contributed by atoms with E-state index in [1.807, 2.05) is 0 Å². The third-order valence-corrected chi connectivity index (χ3v) is 6.99. The van der Waals surface area contributed by atoms with Gasteiger partial charge in [0.15, 0.2) is 6.23 Å². The van der Waals surface area contributed by atoms with Crippen molar-refractivity contribution in [1.29, 1.82) is 0 Å². The molecule has 5 rings (SSSR count). The molecule has 0 N–H and O–H groups in total. The standard InChI is InChI=1S/C27H26N2O9/c1-34-25(32)19-20(26(33)35-2)27(36-3)21(28-22(19)38-27)15-9-11-16(12-10-15)37-14-6-13-29-23(30)17-7-4-5-8-18(17)24(29)31/h4-5,7-12,19-20,22H,6,13-14H2,1-3H3/t19?,20?,22-,27+/m1/s1. The van der Waals surface area contributed by atoms with Gasteiger partial charge in [0.1, 0.15) is 23.3 Å². The average Bonchev–Trinajstić information content (AvgIpc) is 3.58. The highest BCUT2D eigenvalue weighted by molar-refractivity contribution is 6.21. The van der Waals surface area contributed by atoms with E-state index in [1.165, 1.54) is 26.2 Å². The highest BCUT2D eigenvalue weighted by atomic mass is 16.7. The fourth-order valence-corrected chi connectivity index (χ4v) is 5.18. The molecule has 11 nitrogen and oxygen atoms in total. The van der Waals surface area contributed by atoms with Gasteiger partial charge in [0.2, 0.25) is 5.79 Å². The molecule has 2 bridgehead atoms. The Balaban J connectivity index is 1.24. The molecule has 0 saturated carbocycles. The highest BCUT2D eigenvalue weighted by Crippen LogP contribution is 2.50. The molecule has 38 heavy (non-hydrogen) atoms. The first-order valence-electron chi connectivity index (χ1n) is 12.0. The zero-order valence-corrected chi connectivity index (χ0v) is 21.0. The number of amides is 2. The van der Waals surface area contributed by atoms with E-state index in [2.05, 4.69) is 4.99 Å². The van der Waals surface area contributed by atoms with Gasteiger partial charge in [-0.05, 0) is 42.8 Å². The number of carbonyl (C=O) groups excluding carboxylic acids is 4. The Morgan fingerprint density at radius 3 is 2.16 bits per heavy atom. The monoisotopic (exact) mass is 522 g/mol. The summed E-state index contributed by atoms with van der Waals surface area (Å²) >= 11 is 0. The molecule has 11 heteroatoms. The van der Waals surface area contributed by atoms with Crippen LogP contribution in [0.25, 0.3) is 0 Å². The highest BCUT2D eigenvalue weighted by Gasteiger charge is 2.69. The predicted molar refractivity (Wildman–Crippen MR) is 131 cm³/mol. The van der Waals surface area contributed by atoms with E-state index in [-0.39, 0.29) is 25.0 Å². The van der Waals surface area contributed by atoms with Gasteiger partial charge >= 0.3 is 11.9 Å². The van der Waals surface area contributed by atoms with Gasteiger partial charge in [-0.2, -0.15) is 0 Å². The number of aliphatic imine (C=N–C) groups is 1. The summed E-state index contributed by atoms with van der Waals surface area (Å²) in [6, 6.07) is 13.7. The van der Waals surface area contributed by atoms with Crippen LogP contribution in [-0.4, -0.2) is 80.9 Å². The van der Waals surface area contributed by atoms with Crippen molar-refractivity contribution >= 4 is 29.5 Å². The number of methoxy groups -OCH3 is 3. The number of benzene rings is 2. The van der Waals surface area contributed by atoms with E-state index >= 15 is 0 Å². The summed E-state index contributed by atoms with van der Waals surface area (Å²) in [4.78, 5) is 55.8. The lowest BCUT2D eigenvalue weighted by molar-refractivity contribution is -0.184. The van der Waals surface area contributed by atoms with Crippen molar-refractivity contribution in [3.05, 3.63) is 65.2 Å². The number of imide groups is 1. The SMILES string of the molecule is COC(=O)C1C(C(=O)OC)[C@]2(OC)O[C@H]1N=C2c1ccc(OCCCN2C(=O)c3ccccc3C2=O)cc1. The number of nitrogens with zero attached hydrogens (tertiary/aromatic N) is 2. The quantitative estimate of drug-likeness (QED) is 0.275. The number of carbonyl (C=O) groups is 4. The number of ether oxygens (including phenoxy) is 5.